The van der Waals surface area contributed by atoms with Crippen molar-refractivity contribution in [1.29, 1.82) is 0 Å². The number of halogens is 2. The van der Waals surface area contributed by atoms with Crippen molar-refractivity contribution in [3.8, 4) is 11.6 Å². The highest BCUT2D eigenvalue weighted by molar-refractivity contribution is 9.10. The molecule has 0 saturated heterocycles. The zero-order valence-corrected chi connectivity index (χ0v) is 13.3. The second kappa shape index (κ2) is 5.88. The fraction of sp³-hybridized carbons (Fsp3) is 0.286. The molecule has 19 heavy (non-hydrogen) atoms. The van der Waals surface area contributed by atoms with E-state index in [9.17, 15) is 0 Å². The van der Waals surface area contributed by atoms with E-state index in [0.717, 1.165) is 10.0 Å². The van der Waals surface area contributed by atoms with Crippen LogP contribution in [0.25, 0.3) is 0 Å². The lowest BCUT2D eigenvalue weighted by atomic mass is 10.2. The minimum atomic E-state index is 0.197. The third kappa shape index (κ3) is 3.45. The summed E-state index contributed by atoms with van der Waals surface area (Å²) in [5.74, 6) is 2.09. The van der Waals surface area contributed by atoms with Gasteiger partial charge in [-0.1, -0.05) is 47.4 Å². The zero-order chi connectivity index (χ0) is 14.0. The van der Waals surface area contributed by atoms with Crippen LogP contribution in [0.4, 0.5) is 0 Å². The van der Waals surface area contributed by atoms with E-state index < -0.39 is 0 Å². The topological polar surface area (TPSA) is 35.0 Å². The molecule has 0 fully saturated rings. The summed E-state index contributed by atoms with van der Waals surface area (Å²) >= 11 is 9.53. The van der Waals surface area contributed by atoms with Gasteiger partial charge in [0.1, 0.15) is 16.7 Å². The Labute approximate surface area is 126 Å². The second-order valence-electron chi connectivity index (χ2n) is 4.52. The van der Waals surface area contributed by atoms with E-state index in [1.807, 2.05) is 45.0 Å². The highest BCUT2D eigenvalue weighted by Gasteiger charge is 2.13. The summed E-state index contributed by atoms with van der Waals surface area (Å²) < 4.78 is 6.75. The van der Waals surface area contributed by atoms with Crippen molar-refractivity contribution in [1.82, 2.24) is 9.97 Å². The molecule has 0 aliphatic rings. The van der Waals surface area contributed by atoms with Gasteiger partial charge in [0.15, 0.2) is 0 Å². The summed E-state index contributed by atoms with van der Waals surface area (Å²) in [6, 6.07) is 7.59. The number of benzene rings is 1. The third-order valence-electron chi connectivity index (χ3n) is 2.59. The quantitative estimate of drug-likeness (QED) is 0.727. The maximum atomic E-state index is 6.12. The summed E-state index contributed by atoms with van der Waals surface area (Å²) in [4.78, 5) is 8.68. The summed E-state index contributed by atoms with van der Waals surface area (Å²) in [5, 5.41) is 0.434. The molecule has 0 bridgehead atoms. The van der Waals surface area contributed by atoms with E-state index in [1.54, 1.807) is 0 Å². The molecule has 100 valence electrons. The lowest BCUT2D eigenvalue weighted by molar-refractivity contribution is 0.452. The molecule has 0 amide bonds. The maximum Gasteiger partial charge on any atom is 0.226 e. The Kier molecular flexibility index (Phi) is 4.42. The fourth-order valence-electron chi connectivity index (χ4n) is 1.49. The first-order chi connectivity index (χ1) is 8.97. The van der Waals surface area contributed by atoms with Crippen LogP contribution in [0, 0.1) is 6.92 Å². The molecule has 2 aromatic rings. The summed E-state index contributed by atoms with van der Waals surface area (Å²) in [5.41, 5.74) is 0.742. The Hall–Kier alpha value is -1.13. The molecule has 5 heteroatoms. The maximum absolute atomic E-state index is 6.12. The first kappa shape index (κ1) is 14.3. The average molecular weight is 342 g/mol. The highest BCUT2D eigenvalue weighted by atomic mass is 79.9. The van der Waals surface area contributed by atoms with Crippen LogP contribution in [0.5, 0.6) is 11.6 Å². The predicted octanol–water partition coefficient (Wildman–Crippen LogP) is 5.12. The van der Waals surface area contributed by atoms with Crippen LogP contribution in [0.2, 0.25) is 5.15 Å². The monoisotopic (exact) mass is 340 g/mol. The number of ether oxygens (including phenoxy) is 1. The van der Waals surface area contributed by atoms with E-state index in [-0.39, 0.29) is 5.92 Å². The van der Waals surface area contributed by atoms with Crippen LogP contribution >= 0.6 is 27.5 Å². The number of hydrogen-bond acceptors (Lipinski definition) is 3. The second-order valence-corrected chi connectivity index (χ2v) is 5.79. The summed E-state index contributed by atoms with van der Waals surface area (Å²) in [6.07, 6.45) is 0. The molecule has 2 rings (SSSR count). The minimum absolute atomic E-state index is 0.197. The molecule has 0 aliphatic carbocycles. The van der Waals surface area contributed by atoms with Crippen molar-refractivity contribution in [3.63, 3.8) is 0 Å². The molecular weight excluding hydrogens is 328 g/mol. The largest absolute Gasteiger partial charge is 0.439 e. The van der Waals surface area contributed by atoms with Gasteiger partial charge in [0, 0.05) is 16.0 Å². The van der Waals surface area contributed by atoms with Crippen LogP contribution < -0.4 is 4.74 Å². The van der Waals surface area contributed by atoms with E-state index >= 15 is 0 Å². The molecule has 1 aromatic carbocycles. The van der Waals surface area contributed by atoms with Gasteiger partial charge in [-0.25, -0.2) is 4.98 Å². The Balaban J connectivity index is 2.39. The molecule has 1 heterocycles. The van der Waals surface area contributed by atoms with Gasteiger partial charge in [-0.05, 0) is 25.1 Å². The van der Waals surface area contributed by atoms with Gasteiger partial charge in [0.2, 0.25) is 5.88 Å². The first-order valence-electron chi connectivity index (χ1n) is 5.95. The lowest BCUT2D eigenvalue weighted by Crippen LogP contribution is -2.02. The molecule has 0 saturated carbocycles. The van der Waals surface area contributed by atoms with Gasteiger partial charge in [-0.15, -0.1) is 0 Å². The molecule has 3 nitrogen and oxygen atoms in total. The van der Waals surface area contributed by atoms with Crippen molar-refractivity contribution in [2.75, 3.05) is 0 Å². The molecule has 0 N–H and O–H groups in total. The van der Waals surface area contributed by atoms with E-state index in [1.165, 1.54) is 0 Å². The Morgan fingerprint density at radius 2 is 2.00 bits per heavy atom. The number of rotatable bonds is 3. The average Bonchev–Trinajstić information content (AvgIpc) is 2.34. The molecule has 0 spiro atoms. The van der Waals surface area contributed by atoms with Crippen LogP contribution in [-0.4, -0.2) is 9.97 Å². The van der Waals surface area contributed by atoms with Gasteiger partial charge < -0.3 is 4.74 Å². The molecular formula is C14H14BrClN2O. The van der Waals surface area contributed by atoms with Crippen molar-refractivity contribution < 1.29 is 4.74 Å². The zero-order valence-electron chi connectivity index (χ0n) is 10.9. The van der Waals surface area contributed by atoms with Crippen molar-refractivity contribution >= 4 is 27.5 Å². The van der Waals surface area contributed by atoms with Crippen LogP contribution in [-0.2, 0) is 0 Å². The SMILES string of the molecule is Cc1c(Cl)nc(C(C)C)nc1Oc1cccc(Br)c1. The number of nitrogens with zero attached hydrogens (tertiary/aromatic N) is 2. The standard InChI is InChI=1S/C14H14BrClN2O/c1-8(2)13-17-12(16)9(3)14(18-13)19-11-6-4-5-10(15)7-11/h4-8H,1-3H3. The van der Waals surface area contributed by atoms with Crippen molar-refractivity contribution in [2.24, 2.45) is 0 Å². The lowest BCUT2D eigenvalue weighted by Gasteiger charge is -2.12. The van der Waals surface area contributed by atoms with Gasteiger partial charge in [-0.3, -0.25) is 0 Å². The van der Waals surface area contributed by atoms with Crippen molar-refractivity contribution in [2.45, 2.75) is 26.7 Å². The van der Waals surface area contributed by atoms with Gasteiger partial charge in [0.25, 0.3) is 0 Å². The highest BCUT2D eigenvalue weighted by Crippen LogP contribution is 2.29. The molecule has 0 radical (unpaired) electrons. The predicted molar refractivity (Wildman–Crippen MR) is 80.1 cm³/mol. The smallest absolute Gasteiger partial charge is 0.226 e. The third-order valence-corrected chi connectivity index (χ3v) is 3.45. The van der Waals surface area contributed by atoms with Crippen LogP contribution in [0.3, 0.4) is 0 Å². The molecule has 0 atom stereocenters. The minimum Gasteiger partial charge on any atom is -0.439 e. The molecule has 0 unspecified atom stereocenters. The fourth-order valence-corrected chi connectivity index (χ4v) is 2.03. The molecule has 0 aliphatic heterocycles. The first-order valence-corrected chi connectivity index (χ1v) is 7.12. The van der Waals surface area contributed by atoms with Gasteiger partial charge in [0.05, 0.1) is 0 Å². The van der Waals surface area contributed by atoms with E-state index in [2.05, 4.69) is 25.9 Å². The Bertz CT molecular complexity index is 602. The Morgan fingerprint density at radius 1 is 1.26 bits per heavy atom. The van der Waals surface area contributed by atoms with Crippen LogP contribution in [0.1, 0.15) is 31.2 Å². The summed E-state index contributed by atoms with van der Waals surface area (Å²) in [6.45, 7) is 5.88. The van der Waals surface area contributed by atoms with Crippen molar-refractivity contribution in [3.05, 3.63) is 45.3 Å². The van der Waals surface area contributed by atoms with E-state index in [4.69, 9.17) is 16.3 Å². The van der Waals surface area contributed by atoms with Gasteiger partial charge >= 0.3 is 0 Å². The van der Waals surface area contributed by atoms with E-state index in [0.29, 0.717) is 22.6 Å². The normalized spacial score (nSPS) is 10.8. The van der Waals surface area contributed by atoms with Gasteiger partial charge in [-0.2, -0.15) is 4.98 Å². The number of hydrogen-bond donors (Lipinski definition) is 0. The number of aromatic nitrogens is 2. The molecule has 1 aromatic heterocycles. The van der Waals surface area contributed by atoms with Crippen LogP contribution in [0.15, 0.2) is 28.7 Å². The Morgan fingerprint density at radius 3 is 2.63 bits per heavy atom. The summed E-state index contributed by atoms with van der Waals surface area (Å²) in [7, 11) is 0.